The number of nitro groups is 1. The lowest BCUT2D eigenvalue weighted by molar-refractivity contribution is -0.385. The maximum Gasteiger partial charge on any atom is 0.277 e. The Balaban J connectivity index is 2.16. The van der Waals surface area contributed by atoms with Gasteiger partial charge in [0.1, 0.15) is 6.61 Å². The Morgan fingerprint density at radius 3 is 2.94 bits per heavy atom. The van der Waals surface area contributed by atoms with E-state index in [4.69, 9.17) is 16.3 Å². The second-order valence-corrected chi connectivity index (χ2v) is 4.10. The van der Waals surface area contributed by atoms with Gasteiger partial charge in [-0.3, -0.25) is 14.8 Å². The van der Waals surface area contributed by atoms with Crippen LogP contribution in [0.1, 0.15) is 5.56 Å². The highest BCUT2D eigenvalue weighted by Gasteiger charge is 2.14. The first-order chi connectivity index (χ1) is 8.56. The lowest BCUT2D eigenvalue weighted by Gasteiger charge is -2.04. The summed E-state index contributed by atoms with van der Waals surface area (Å²) in [6.45, 7) is 0.0964. The van der Waals surface area contributed by atoms with Crippen LogP contribution in [0.2, 0.25) is 5.02 Å². The topological polar surface area (TPSA) is 70.2 Å². The van der Waals surface area contributed by atoms with Crippen LogP contribution in [0.5, 0.6) is 5.75 Å². The van der Waals surface area contributed by atoms with E-state index in [-0.39, 0.29) is 12.3 Å². The van der Waals surface area contributed by atoms with E-state index in [0.717, 1.165) is 0 Å². The first-order valence-electron chi connectivity index (χ1n) is 5.10. The van der Waals surface area contributed by atoms with Crippen LogP contribution in [0.15, 0.2) is 30.6 Å². The summed E-state index contributed by atoms with van der Waals surface area (Å²) in [6.07, 6.45) is 3.23. The van der Waals surface area contributed by atoms with E-state index in [0.29, 0.717) is 16.3 Å². The lowest BCUT2D eigenvalue weighted by Crippen LogP contribution is -2.00. The molecule has 1 aromatic heterocycles. The van der Waals surface area contributed by atoms with Crippen molar-refractivity contribution in [1.82, 2.24) is 9.78 Å². The third-order valence-electron chi connectivity index (χ3n) is 2.32. The van der Waals surface area contributed by atoms with Crippen LogP contribution in [0, 0.1) is 10.1 Å². The summed E-state index contributed by atoms with van der Waals surface area (Å²) in [5, 5.41) is 15.1. The maximum absolute atomic E-state index is 10.9. The van der Waals surface area contributed by atoms with Crippen LogP contribution in [0.4, 0.5) is 5.69 Å². The van der Waals surface area contributed by atoms with E-state index < -0.39 is 4.92 Å². The molecule has 0 aliphatic carbocycles. The maximum atomic E-state index is 10.9. The number of hydrogen-bond donors (Lipinski definition) is 0. The van der Waals surface area contributed by atoms with Crippen LogP contribution in [-0.4, -0.2) is 14.7 Å². The SMILES string of the molecule is Cn1cc(OCc2ccc(Cl)cc2[N+](=O)[O-])cn1. The van der Waals surface area contributed by atoms with Gasteiger partial charge in [0.25, 0.3) is 5.69 Å². The van der Waals surface area contributed by atoms with Gasteiger partial charge in [-0.1, -0.05) is 11.6 Å². The number of ether oxygens (including phenoxy) is 1. The molecular weight excluding hydrogens is 258 g/mol. The Hall–Kier alpha value is -2.08. The Morgan fingerprint density at radius 1 is 1.56 bits per heavy atom. The zero-order valence-corrected chi connectivity index (χ0v) is 10.3. The lowest BCUT2D eigenvalue weighted by atomic mass is 10.2. The van der Waals surface area contributed by atoms with Crippen LogP contribution >= 0.6 is 11.6 Å². The van der Waals surface area contributed by atoms with Gasteiger partial charge < -0.3 is 4.74 Å². The van der Waals surface area contributed by atoms with Crippen molar-refractivity contribution in [3.8, 4) is 5.75 Å². The van der Waals surface area contributed by atoms with Crippen molar-refractivity contribution in [3.05, 3.63) is 51.3 Å². The quantitative estimate of drug-likeness (QED) is 0.630. The fourth-order valence-corrected chi connectivity index (χ4v) is 1.63. The molecule has 2 rings (SSSR count). The molecule has 0 atom stereocenters. The van der Waals surface area contributed by atoms with Gasteiger partial charge in [0.2, 0.25) is 0 Å². The molecular formula is C11H10ClN3O3. The molecule has 0 bridgehead atoms. The number of aromatic nitrogens is 2. The van der Waals surface area contributed by atoms with Crippen LogP contribution in [0.25, 0.3) is 0 Å². The molecule has 0 saturated carbocycles. The minimum absolute atomic E-state index is 0.0496. The molecule has 94 valence electrons. The predicted octanol–water partition coefficient (Wildman–Crippen LogP) is 2.56. The van der Waals surface area contributed by atoms with Gasteiger partial charge in [0, 0.05) is 18.1 Å². The second kappa shape index (κ2) is 5.05. The zero-order chi connectivity index (χ0) is 13.1. The molecule has 0 saturated heterocycles. The fraction of sp³-hybridized carbons (Fsp3) is 0.182. The van der Waals surface area contributed by atoms with Gasteiger partial charge >= 0.3 is 0 Å². The molecule has 0 spiro atoms. The highest BCUT2D eigenvalue weighted by molar-refractivity contribution is 6.30. The smallest absolute Gasteiger partial charge is 0.277 e. The Kier molecular flexibility index (Phi) is 3.47. The van der Waals surface area contributed by atoms with Crippen LogP contribution < -0.4 is 4.74 Å². The highest BCUT2D eigenvalue weighted by Crippen LogP contribution is 2.24. The number of benzene rings is 1. The number of nitro benzene ring substituents is 1. The van der Waals surface area contributed by atoms with Crippen molar-refractivity contribution in [3.63, 3.8) is 0 Å². The number of aryl methyl sites for hydroxylation is 1. The summed E-state index contributed by atoms with van der Waals surface area (Å²) >= 11 is 5.72. The molecule has 2 aromatic rings. The van der Waals surface area contributed by atoms with Gasteiger partial charge in [0.05, 0.1) is 22.9 Å². The van der Waals surface area contributed by atoms with E-state index in [9.17, 15) is 10.1 Å². The van der Waals surface area contributed by atoms with Crippen molar-refractivity contribution < 1.29 is 9.66 Å². The molecule has 0 amide bonds. The largest absolute Gasteiger partial charge is 0.485 e. The number of hydrogen-bond acceptors (Lipinski definition) is 4. The number of rotatable bonds is 4. The molecule has 0 unspecified atom stereocenters. The molecule has 0 aliphatic rings. The van der Waals surface area contributed by atoms with Gasteiger partial charge in [0.15, 0.2) is 5.75 Å². The Labute approximate surface area is 108 Å². The molecule has 0 N–H and O–H groups in total. The molecule has 1 heterocycles. The first kappa shape index (κ1) is 12.4. The fourth-order valence-electron chi connectivity index (χ4n) is 1.46. The normalized spacial score (nSPS) is 10.3. The summed E-state index contributed by atoms with van der Waals surface area (Å²) in [5.74, 6) is 0.557. The number of halogens is 1. The molecule has 0 fully saturated rings. The van der Waals surface area contributed by atoms with Crippen molar-refractivity contribution in [2.45, 2.75) is 6.61 Å². The van der Waals surface area contributed by atoms with E-state index in [1.807, 2.05) is 0 Å². The summed E-state index contributed by atoms with van der Waals surface area (Å²) in [6, 6.07) is 4.48. The monoisotopic (exact) mass is 267 g/mol. The molecule has 18 heavy (non-hydrogen) atoms. The molecule has 6 nitrogen and oxygen atoms in total. The molecule has 0 radical (unpaired) electrons. The third kappa shape index (κ3) is 2.78. The summed E-state index contributed by atoms with van der Waals surface area (Å²) in [5.41, 5.74) is 0.416. The standard InChI is InChI=1S/C11H10ClN3O3/c1-14-6-10(5-13-14)18-7-8-2-3-9(12)4-11(8)15(16)17/h2-6H,7H2,1H3. The third-order valence-corrected chi connectivity index (χ3v) is 2.55. The second-order valence-electron chi connectivity index (χ2n) is 3.67. The van der Waals surface area contributed by atoms with Gasteiger partial charge in [-0.2, -0.15) is 5.10 Å². The van der Waals surface area contributed by atoms with Crippen molar-refractivity contribution in [2.75, 3.05) is 0 Å². The van der Waals surface area contributed by atoms with Crippen LogP contribution in [-0.2, 0) is 13.7 Å². The zero-order valence-electron chi connectivity index (χ0n) is 9.54. The number of nitrogens with zero attached hydrogens (tertiary/aromatic N) is 3. The van der Waals surface area contributed by atoms with Gasteiger partial charge in [-0.15, -0.1) is 0 Å². The highest BCUT2D eigenvalue weighted by atomic mass is 35.5. The Bertz CT molecular complexity index is 583. The van der Waals surface area contributed by atoms with Crippen molar-refractivity contribution in [1.29, 1.82) is 0 Å². The summed E-state index contributed by atoms with van der Waals surface area (Å²) in [4.78, 5) is 10.4. The van der Waals surface area contributed by atoms with Crippen molar-refractivity contribution >= 4 is 17.3 Å². The molecule has 7 heteroatoms. The minimum Gasteiger partial charge on any atom is -0.485 e. The van der Waals surface area contributed by atoms with Gasteiger partial charge in [-0.05, 0) is 12.1 Å². The molecule has 1 aromatic carbocycles. The van der Waals surface area contributed by atoms with E-state index in [1.54, 1.807) is 36.3 Å². The van der Waals surface area contributed by atoms with E-state index >= 15 is 0 Å². The first-order valence-corrected chi connectivity index (χ1v) is 5.48. The minimum atomic E-state index is -0.478. The predicted molar refractivity (Wildman–Crippen MR) is 65.6 cm³/mol. The average molecular weight is 268 g/mol. The van der Waals surface area contributed by atoms with E-state index in [1.165, 1.54) is 6.07 Å². The van der Waals surface area contributed by atoms with Gasteiger partial charge in [-0.25, -0.2) is 0 Å². The summed E-state index contributed by atoms with van der Waals surface area (Å²) in [7, 11) is 1.76. The van der Waals surface area contributed by atoms with Crippen LogP contribution in [0.3, 0.4) is 0 Å². The summed E-state index contributed by atoms with van der Waals surface area (Å²) < 4.78 is 7.00. The van der Waals surface area contributed by atoms with Crippen molar-refractivity contribution in [2.24, 2.45) is 7.05 Å². The Morgan fingerprint density at radius 2 is 2.33 bits per heavy atom. The molecule has 0 aliphatic heterocycles. The average Bonchev–Trinajstić information content (AvgIpc) is 2.73. The van der Waals surface area contributed by atoms with E-state index in [2.05, 4.69) is 5.10 Å².